The number of sulfonamides is 1. The molecule has 134 valence electrons. The van der Waals surface area contributed by atoms with Gasteiger partial charge in [-0.25, -0.2) is 8.42 Å². The van der Waals surface area contributed by atoms with Crippen LogP contribution in [0.5, 0.6) is 0 Å². The molecule has 2 aromatic rings. The minimum absolute atomic E-state index is 0.129. The highest BCUT2D eigenvalue weighted by Crippen LogP contribution is 2.21. The summed E-state index contributed by atoms with van der Waals surface area (Å²) in [7, 11) is -3.59. The van der Waals surface area contributed by atoms with Crippen molar-refractivity contribution in [1.82, 2.24) is 4.31 Å². The first-order chi connectivity index (χ1) is 11.8. The zero-order chi connectivity index (χ0) is 18.6. The lowest BCUT2D eigenvalue weighted by atomic mass is 10.1. The number of anilines is 1. The molecule has 0 heterocycles. The van der Waals surface area contributed by atoms with E-state index in [1.54, 1.807) is 26.0 Å². The summed E-state index contributed by atoms with van der Waals surface area (Å²) in [4.78, 5) is 12.7. The van der Waals surface area contributed by atoms with Crippen molar-refractivity contribution >= 4 is 21.6 Å². The number of rotatable bonds is 6. The Balaban J connectivity index is 2.32. The van der Waals surface area contributed by atoms with Crippen molar-refractivity contribution in [3.05, 3.63) is 59.2 Å². The van der Waals surface area contributed by atoms with Gasteiger partial charge in [-0.05, 0) is 49.2 Å². The van der Waals surface area contributed by atoms with E-state index in [9.17, 15) is 13.2 Å². The van der Waals surface area contributed by atoms with E-state index in [0.29, 0.717) is 18.7 Å². The number of benzene rings is 2. The van der Waals surface area contributed by atoms with Gasteiger partial charge in [0.2, 0.25) is 10.0 Å². The molecule has 0 atom stereocenters. The molecular weight excluding hydrogens is 336 g/mol. The van der Waals surface area contributed by atoms with Crippen LogP contribution in [0.15, 0.2) is 47.4 Å². The summed E-state index contributed by atoms with van der Waals surface area (Å²) in [6.45, 7) is 8.26. The number of hydrogen-bond acceptors (Lipinski definition) is 3. The van der Waals surface area contributed by atoms with Crippen LogP contribution in [0.2, 0.25) is 0 Å². The van der Waals surface area contributed by atoms with E-state index >= 15 is 0 Å². The highest BCUT2D eigenvalue weighted by atomic mass is 32.2. The average Bonchev–Trinajstić information content (AvgIpc) is 2.60. The molecule has 6 heteroatoms. The number of carbonyl (C=O) groups is 1. The van der Waals surface area contributed by atoms with Crippen LogP contribution in [0.4, 0.5) is 5.69 Å². The second-order valence-electron chi connectivity index (χ2n) is 5.82. The van der Waals surface area contributed by atoms with Gasteiger partial charge in [0, 0.05) is 24.3 Å². The lowest BCUT2D eigenvalue weighted by Gasteiger charge is -2.18. The van der Waals surface area contributed by atoms with Crippen molar-refractivity contribution in [2.24, 2.45) is 0 Å². The van der Waals surface area contributed by atoms with E-state index < -0.39 is 10.0 Å². The topological polar surface area (TPSA) is 66.5 Å². The molecule has 0 fully saturated rings. The van der Waals surface area contributed by atoms with Gasteiger partial charge in [-0.15, -0.1) is 0 Å². The smallest absolute Gasteiger partial charge is 0.255 e. The van der Waals surface area contributed by atoms with E-state index in [4.69, 9.17) is 0 Å². The number of aryl methyl sites for hydroxylation is 1. The van der Waals surface area contributed by atoms with Gasteiger partial charge in [0.15, 0.2) is 0 Å². The number of hydrogen-bond donors (Lipinski definition) is 1. The SMILES string of the molecule is CCN(CC)S(=O)(=O)c1cccc(C(=O)Nc2cccc(C)c2C)c1. The highest BCUT2D eigenvalue weighted by molar-refractivity contribution is 7.89. The van der Waals surface area contributed by atoms with Crippen LogP contribution in [-0.2, 0) is 10.0 Å². The van der Waals surface area contributed by atoms with Crippen molar-refractivity contribution in [3.8, 4) is 0 Å². The Kier molecular flexibility index (Phi) is 5.98. The first-order valence-corrected chi connectivity index (χ1v) is 9.73. The molecule has 0 saturated carbocycles. The molecule has 0 aliphatic heterocycles. The molecule has 0 aliphatic carbocycles. The standard InChI is InChI=1S/C19H24N2O3S/c1-5-21(6-2)25(23,24)17-11-8-10-16(13-17)19(22)20-18-12-7-9-14(3)15(18)4/h7-13H,5-6H2,1-4H3,(H,20,22). The first-order valence-electron chi connectivity index (χ1n) is 8.29. The third kappa shape index (κ3) is 4.08. The molecule has 2 aromatic carbocycles. The Morgan fingerprint density at radius 2 is 1.68 bits per heavy atom. The van der Waals surface area contributed by atoms with E-state index in [2.05, 4.69) is 5.32 Å². The second kappa shape index (κ2) is 7.80. The summed E-state index contributed by atoms with van der Waals surface area (Å²) in [5.41, 5.74) is 3.11. The van der Waals surface area contributed by atoms with Crippen LogP contribution in [0.25, 0.3) is 0 Å². The van der Waals surface area contributed by atoms with E-state index in [0.717, 1.165) is 16.8 Å². The van der Waals surface area contributed by atoms with Gasteiger partial charge in [-0.3, -0.25) is 4.79 Å². The van der Waals surface area contributed by atoms with Crippen LogP contribution >= 0.6 is 0 Å². The summed E-state index contributed by atoms with van der Waals surface area (Å²) < 4.78 is 26.6. The maximum atomic E-state index is 12.6. The maximum Gasteiger partial charge on any atom is 0.255 e. The predicted molar refractivity (Wildman–Crippen MR) is 100 cm³/mol. The highest BCUT2D eigenvalue weighted by Gasteiger charge is 2.22. The fraction of sp³-hybridized carbons (Fsp3) is 0.316. The van der Waals surface area contributed by atoms with Crippen LogP contribution in [0, 0.1) is 13.8 Å². The summed E-state index contributed by atoms with van der Waals surface area (Å²) in [6, 6.07) is 11.8. The van der Waals surface area contributed by atoms with Crippen LogP contribution in [0.3, 0.4) is 0 Å². The molecule has 2 rings (SSSR count). The Labute approximate surface area is 149 Å². The fourth-order valence-corrected chi connectivity index (χ4v) is 4.10. The molecule has 0 radical (unpaired) electrons. The minimum Gasteiger partial charge on any atom is -0.322 e. The Morgan fingerprint density at radius 1 is 1.04 bits per heavy atom. The first kappa shape index (κ1) is 19.1. The van der Waals surface area contributed by atoms with Crippen molar-refractivity contribution < 1.29 is 13.2 Å². The third-order valence-corrected chi connectivity index (χ3v) is 6.34. The molecule has 0 saturated heterocycles. The normalized spacial score (nSPS) is 11.6. The van der Waals surface area contributed by atoms with Crippen molar-refractivity contribution in [1.29, 1.82) is 0 Å². The monoisotopic (exact) mass is 360 g/mol. The van der Waals surface area contributed by atoms with Gasteiger partial charge < -0.3 is 5.32 Å². The largest absolute Gasteiger partial charge is 0.322 e. The molecular formula is C19H24N2O3S. The van der Waals surface area contributed by atoms with Gasteiger partial charge >= 0.3 is 0 Å². The third-order valence-electron chi connectivity index (χ3n) is 4.29. The number of nitrogens with one attached hydrogen (secondary N) is 1. The summed E-state index contributed by atoms with van der Waals surface area (Å²) >= 11 is 0. The van der Waals surface area contributed by atoms with Gasteiger partial charge in [0.1, 0.15) is 0 Å². The quantitative estimate of drug-likeness (QED) is 0.856. The predicted octanol–water partition coefficient (Wildman–Crippen LogP) is 3.59. The Morgan fingerprint density at radius 3 is 2.32 bits per heavy atom. The van der Waals surface area contributed by atoms with Crippen molar-refractivity contribution in [2.45, 2.75) is 32.6 Å². The number of amides is 1. The van der Waals surface area contributed by atoms with Crippen LogP contribution in [-0.4, -0.2) is 31.7 Å². The van der Waals surface area contributed by atoms with Crippen LogP contribution in [0.1, 0.15) is 35.3 Å². The lowest BCUT2D eigenvalue weighted by Crippen LogP contribution is -2.30. The minimum atomic E-state index is -3.59. The Bertz CT molecular complexity index is 872. The number of carbonyl (C=O) groups excluding carboxylic acids is 1. The van der Waals surface area contributed by atoms with Gasteiger partial charge in [-0.1, -0.05) is 32.0 Å². The molecule has 1 amide bonds. The van der Waals surface area contributed by atoms with E-state index in [1.807, 2.05) is 32.0 Å². The zero-order valence-electron chi connectivity index (χ0n) is 15.0. The van der Waals surface area contributed by atoms with Crippen LogP contribution < -0.4 is 5.32 Å². The van der Waals surface area contributed by atoms with Gasteiger partial charge in [0.25, 0.3) is 5.91 Å². The molecule has 0 bridgehead atoms. The van der Waals surface area contributed by atoms with E-state index in [1.165, 1.54) is 16.4 Å². The average molecular weight is 360 g/mol. The van der Waals surface area contributed by atoms with Gasteiger partial charge in [0.05, 0.1) is 4.90 Å². The zero-order valence-corrected chi connectivity index (χ0v) is 15.9. The molecule has 1 N–H and O–H groups in total. The molecule has 0 aliphatic rings. The van der Waals surface area contributed by atoms with Crippen molar-refractivity contribution in [3.63, 3.8) is 0 Å². The van der Waals surface area contributed by atoms with E-state index in [-0.39, 0.29) is 10.8 Å². The molecule has 0 spiro atoms. The second-order valence-corrected chi connectivity index (χ2v) is 7.76. The number of nitrogens with zero attached hydrogens (tertiary/aromatic N) is 1. The van der Waals surface area contributed by atoms with Crippen molar-refractivity contribution in [2.75, 3.05) is 18.4 Å². The van der Waals surface area contributed by atoms with Gasteiger partial charge in [-0.2, -0.15) is 4.31 Å². The summed E-state index contributed by atoms with van der Waals surface area (Å²) in [5, 5.41) is 2.86. The summed E-state index contributed by atoms with van der Waals surface area (Å²) in [6.07, 6.45) is 0. The summed E-state index contributed by atoms with van der Waals surface area (Å²) in [5.74, 6) is -0.328. The molecule has 5 nitrogen and oxygen atoms in total. The maximum absolute atomic E-state index is 12.6. The molecule has 0 unspecified atom stereocenters. The molecule has 25 heavy (non-hydrogen) atoms. The molecule has 0 aromatic heterocycles. The lowest BCUT2D eigenvalue weighted by molar-refractivity contribution is 0.102. The Hall–Kier alpha value is -2.18. The fourth-order valence-electron chi connectivity index (χ4n) is 2.59.